The van der Waals surface area contributed by atoms with E-state index in [2.05, 4.69) is 18.6 Å². The number of carbonyl (C=O) groups is 2. The van der Waals surface area contributed by atoms with Crippen LogP contribution in [-0.4, -0.2) is 18.6 Å². The van der Waals surface area contributed by atoms with Crippen LogP contribution in [-0.2, 0) is 6.42 Å². The molecule has 0 N–H and O–H groups in total. The normalized spacial score (nSPS) is 11.7. The molecule has 5 nitrogen and oxygen atoms in total. The van der Waals surface area contributed by atoms with Crippen LogP contribution in [0, 0.1) is 5.92 Å². The lowest BCUT2D eigenvalue weighted by Gasteiger charge is -2.09. The minimum Gasteiger partial charge on any atom is -0.435 e. The Morgan fingerprint density at radius 1 is 0.743 bits per heavy atom. The van der Waals surface area contributed by atoms with Gasteiger partial charge in [0.15, 0.2) is 0 Å². The first kappa shape index (κ1) is 25.9. The van der Waals surface area contributed by atoms with E-state index in [9.17, 15) is 18.4 Å². The van der Waals surface area contributed by atoms with Crippen molar-refractivity contribution in [2.24, 2.45) is 5.92 Å². The molecule has 0 fully saturated rings. The van der Waals surface area contributed by atoms with Gasteiger partial charge in [0.2, 0.25) is 0 Å². The molecule has 0 spiro atoms. The molecule has 1 atom stereocenters. The van der Waals surface area contributed by atoms with Gasteiger partial charge in [0.1, 0.15) is 17.2 Å². The van der Waals surface area contributed by atoms with Crippen LogP contribution in [0.1, 0.15) is 59.4 Å². The van der Waals surface area contributed by atoms with E-state index in [1.807, 2.05) is 12.1 Å². The van der Waals surface area contributed by atoms with Crippen molar-refractivity contribution in [2.45, 2.75) is 46.1 Å². The topological polar surface area (TPSA) is 61.8 Å². The lowest BCUT2D eigenvalue weighted by atomic mass is 9.99. The van der Waals surface area contributed by atoms with Gasteiger partial charge in [-0.2, -0.15) is 8.78 Å². The lowest BCUT2D eigenvalue weighted by molar-refractivity contribution is -0.0498. The summed E-state index contributed by atoms with van der Waals surface area (Å²) >= 11 is 0. The van der Waals surface area contributed by atoms with Crippen molar-refractivity contribution in [1.29, 1.82) is 0 Å². The summed E-state index contributed by atoms with van der Waals surface area (Å²) in [6, 6.07) is 18.6. The molecule has 7 heteroatoms. The van der Waals surface area contributed by atoms with E-state index in [0.29, 0.717) is 11.3 Å². The average Bonchev–Trinajstić information content (AvgIpc) is 2.85. The van der Waals surface area contributed by atoms with Gasteiger partial charge in [0.05, 0.1) is 11.1 Å². The lowest BCUT2D eigenvalue weighted by Crippen LogP contribution is -2.10. The van der Waals surface area contributed by atoms with E-state index >= 15 is 0 Å². The van der Waals surface area contributed by atoms with Crippen LogP contribution in [0.2, 0.25) is 0 Å². The van der Waals surface area contributed by atoms with E-state index in [1.165, 1.54) is 66.9 Å². The zero-order chi connectivity index (χ0) is 25.2. The summed E-state index contributed by atoms with van der Waals surface area (Å²) in [6.07, 6.45) is 4.50. The number of hydrogen-bond donors (Lipinski definition) is 0. The maximum atomic E-state index is 12.4. The molecule has 0 aliphatic rings. The van der Waals surface area contributed by atoms with Crippen molar-refractivity contribution in [3.8, 4) is 17.2 Å². The maximum Gasteiger partial charge on any atom is 0.387 e. The second kappa shape index (κ2) is 12.6. The fourth-order valence-electron chi connectivity index (χ4n) is 3.35. The molecule has 0 saturated carbocycles. The molecule has 0 aliphatic carbocycles. The van der Waals surface area contributed by atoms with Crippen molar-refractivity contribution in [3.63, 3.8) is 0 Å². The summed E-state index contributed by atoms with van der Waals surface area (Å²) in [4.78, 5) is 24.7. The van der Waals surface area contributed by atoms with E-state index < -0.39 is 18.6 Å². The highest BCUT2D eigenvalue weighted by Crippen LogP contribution is 2.20. The molecular weight excluding hydrogens is 454 g/mol. The van der Waals surface area contributed by atoms with Gasteiger partial charge in [0, 0.05) is 0 Å². The summed E-state index contributed by atoms with van der Waals surface area (Å²) in [7, 11) is 0. The van der Waals surface area contributed by atoms with E-state index in [-0.39, 0.29) is 17.1 Å². The van der Waals surface area contributed by atoms with Crippen LogP contribution in [0.5, 0.6) is 17.2 Å². The molecule has 0 aromatic heterocycles. The van der Waals surface area contributed by atoms with Gasteiger partial charge >= 0.3 is 18.6 Å². The predicted molar refractivity (Wildman–Crippen MR) is 128 cm³/mol. The van der Waals surface area contributed by atoms with Gasteiger partial charge in [-0.05, 0) is 85.0 Å². The van der Waals surface area contributed by atoms with Crippen molar-refractivity contribution in [1.82, 2.24) is 0 Å². The first-order valence-electron chi connectivity index (χ1n) is 11.5. The van der Waals surface area contributed by atoms with Crippen molar-refractivity contribution < 1.29 is 32.6 Å². The number of aryl methyl sites for hydroxylation is 1. The molecule has 0 unspecified atom stereocenters. The standard InChI is InChI=1S/C28H28F2O5/c1-3-19(2)5-4-6-20-7-13-23(14-8-20)33-26(31)21-9-15-24(16-10-21)34-27(32)22-11-17-25(18-12-22)35-28(29)30/h7-19,28H,3-6H2,1-2H3/t19-/m0/s1. The molecule has 3 aromatic rings. The molecule has 184 valence electrons. The minimum atomic E-state index is -2.94. The van der Waals surface area contributed by atoms with Crippen LogP contribution in [0.3, 0.4) is 0 Å². The fourth-order valence-corrected chi connectivity index (χ4v) is 3.35. The summed E-state index contributed by atoms with van der Waals surface area (Å²) in [6.45, 7) is 1.52. The Hall–Kier alpha value is -3.74. The zero-order valence-electron chi connectivity index (χ0n) is 19.7. The summed E-state index contributed by atoms with van der Waals surface area (Å²) in [5, 5.41) is 0. The first-order chi connectivity index (χ1) is 16.8. The molecule has 0 radical (unpaired) electrons. The highest BCUT2D eigenvalue weighted by Gasteiger charge is 2.13. The molecular formula is C28H28F2O5. The quantitative estimate of drug-likeness (QED) is 0.216. The maximum absolute atomic E-state index is 12.4. The number of esters is 2. The van der Waals surface area contributed by atoms with Gasteiger partial charge in [-0.25, -0.2) is 9.59 Å². The van der Waals surface area contributed by atoms with E-state index in [0.717, 1.165) is 18.8 Å². The SMILES string of the molecule is CC[C@H](C)CCCc1ccc(OC(=O)c2ccc(OC(=O)c3ccc(OC(F)F)cc3)cc2)cc1. The highest BCUT2D eigenvalue weighted by atomic mass is 19.3. The van der Waals surface area contributed by atoms with Crippen LogP contribution < -0.4 is 14.2 Å². The molecule has 3 rings (SSSR count). The molecule has 0 bridgehead atoms. The van der Waals surface area contributed by atoms with Gasteiger partial charge in [-0.1, -0.05) is 38.8 Å². The Balaban J connectivity index is 1.51. The average molecular weight is 483 g/mol. The Labute approximate surface area is 203 Å². The van der Waals surface area contributed by atoms with Gasteiger partial charge in [-0.3, -0.25) is 0 Å². The molecule has 3 aromatic carbocycles. The summed E-state index contributed by atoms with van der Waals surface area (Å²) < 4.78 is 39.4. The number of carbonyl (C=O) groups excluding carboxylic acids is 2. The Kier molecular flexibility index (Phi) is 9.35. The number of alkyl halides is 2. The smallest absolute Gasteiger partial charge is 0.387 e. The number of benzene rings is 3. The number of halogens is 2. The molecule has 35 heavy (non-hydrogen) atoms. The molecule has 0 amide bonds. The zero-order valence-corrected chi connectivity index (χ0v) is 19.7. The third kappa shape index (κ3) is 8.21. The number of ether oxygens (including phenoxy) is 3. The minimum absolute atomic E-state index is 0.0596. The van der Waals surface area contributed by atoms with Crippen LogP contribution in [0.15, 0.2) is 72.8 Å². The van der Waals surface area contributed by atoms with Crippen molar-refractivity contribution in [2.75, 3.05) is 0 Å². The second-order valence-electron chi connectivity index (χ2n) is 8.26. The fraction of sp³-hybridized carbons (Fsp3) is 0.286. The molecule has 0 aliphatic heterocycles. The monoisotopic (exact) mass is 482 g/mol. The van der Waals surface area contributed by atoms with E-state index in [4.69, 9.17) is 9.47 Å². The second-order valence-corrected chi connectivity index (χ2v) is 8.26. The van der Waals surface area contributed by atoms with Crippen molar-refractivity contribution in [3.05, 3.63) is 89.5 Å². The first-order valence-corrected chi connectivity index (χ1v) is 11.5. The largest absolute Gasteiger partial charge is 0.435 e. The van der Waals surface area contributed by atoms with Gasteiger partial charge in [-0.15, -0.1) is 0 Å². The van der Waals surface area contributed by atoms with Crippen LogP contribution in [0.25, 0.3) is 0 Å². The van der Waals surface area contributed by atoms with Crippen LogP contribution >= 0.6 is 0 Å². The van der Waals surface area contributed by atoms with Gasteiger partial charge < -0.3 is 14.2 Å². The Bertz CT molecular complexity index is 1090. The van der Waals surface area contributed by atoms with Crippen molar-refractivity contribution >= 4 is 11.9 Å². The summed E-state index contributed by atoms with van der Waals surface area (Å²) in [5.74, 6) is 0.148. The molecule has 0 heterocycles. The number of rotatable bonds is 11. The van der Waals surface area contributed by atoms with Gasteiger partial charge in [0.25, 0.3) is 0 Å². The summed E-state index contributed by atoms with van der Waals surface area (Å²) in [5.41, 5.74) is 1.67. The number of hydrogen-bond acceptors (Lipinski definition) is 5. The Morgan fingerprint density at radius 2 is 1.20 bits per heavy atom. The van der Waals surface area contributed by atoms with E-state index in [1.54, 1.807) is 12.1 Å². The third-order valence-electron chi connectivity index (χ3n) is 5.61. The third-order valence-corrected chi connectivity index (χ3v) is 5.61. The predicted octanol–water partition coefficient (Wildman–Crippen LogP) is 7.10. The molecule has 0 saturated heterocycles. The van der Waals surface area contributed by atoms with Crippen LogP contribution in [0.4, 0.5) is 8.78 Å². The highest BCUT2D eigenvalue weighted by molar-refractivity contribution is 5.92. The Morgan fingerprint density at radius 3 is 1.66 bits per heavy atom.